The highest BCUT2D eigenvalue weighted by Crippen LogP contribution is 2.61. The summed E-state index contributed by atoms with van der Waals surface area (Å²) in [5, 5.41) is 24.6. The first-order valence-electron chi connectivity index (χ1n) is 11.8. The van der Waals surface area contributed by atoms with Gasteiger partial charge >= 0.3 is 21.1 Å². The van der Waals surface area contributed by atoms with Crippen LogP contribution in [-0.4, -0.2) is 60.4 Å². The fraction of sp³-hybridized carbons (Fsp3) is 0.348. The quantitative estimate of drug-likeness (QED) is 0.217. The van der Waals surface area contributed by atoms with E-state index in [-0.39, 0.29) is 18.1 Å². The highest BCUT2D eigenvalue weighted by Gasteiger charge is 2.46. The highest BCUT2D eigenvalue weighted by molar-refractivity contribution is 7.63. The van der Waals surface area contributed by atoms with E-state index in [2.05, 4.69) is 14.6 Å². The lowest BCUT2D eigenvalue weighted by molar-refractivity contribution is -0.115. The maximum Gasteiger partial charge on any atom is 0.479 e. The number of carbonyl (C=O) groups excluding carboxylic acids is 1. The molecule has 3 aromatic rings. The molecule has 39 heavy (non-hydrogen) atoms. The van der Waals surface area contributed by atoms with E-state index in [0.717, 1.165) is 9.95 Å². The lowest BCUT2D eigenvalue weighted by Crippen LogP contribution is -2.36. The molecule has 1 aliphatic rings. The third kappa shape index (κ3) is 7.06. The second kappa shape index (κ2) is 11.8. The molecule has 0 spiro atoms. The van der Waals surface area contributed by atoms with Crippen LogP contribution in [0.2, 0.25) is 0 Å². The van der Waals surface area contributed by atoms with E-state index < -0.39 is 58.4 Å². The van der Waals surface area contributed by atoms with Gasteiger partial charge in [0.05, 0.1) is 12.8 Å². The molecule has 1 amide bonds. The largest absolute Gasteiger partial charge is 0.479 e. The molecule has 6 atom stereocenters. The Kier molecular flexibility index (Phi) is 8.82. The second-order valence-electron chi connectivity index (χ2n) is 8.73. The zero-order valence-electron chi connectivity index (χ0n) is 20.6. The highest BCUT2D eigenvalue weighted by atomic mass is 31.3. The van der Waals surface area contributed by atoms with Crippen molar-refractivity contribution in [3.05, 3.63) is 70.8 Å². The van der Waals surface area contributed by atoms with Crippen molar-refractivity contribution < 1.29 is 47.5 Å². The molecule has 3 unspecified atom stereocenters. The minimum Gasteiger partial charge on any atom is -0.387 e. The van der Waals surface area contributed by atoms with Crippen LogP contribution in [-0.2, 0) is 33.7 Å². The van der Waals surface area contributed by atoms with E-state index in [1.165, 1.54) is 12.3 Å². The first-order chi connectivity index (χ1) is 18.4. The number of aliphatic hydroxyl groups is 2. The lowest BCUT2D eigenvalue weighted by atomic mass is 10.1. The Bertz CT molecular complexity index is 1510. The van der Waals surface area contributed by atoms with Gasteiger partial charge in [0, 0.05) is 12.6 Å². The average Bonchev–Trinajstić information content (AvgIpc) is 3.15. The zero-order chi connectivity index (χ0) is 28.4. The van der Waals surface area contributed by atoms with Gasteiger partial charge in [-0.1, -0.05) is 49.4 Å². The molecule has 0 bridgehead atoms. The van der Waals surface area contributed by atoms with E-state index >= 15 is 0 Å². The molecule has 0 aliphatic carbocycles. The number of fused-ring (bicyclic) bond motifs is 1. The maximum atomic E-state index is 12.7. The van der Waals surface area contributed by atoms with E-state index in [4.69, 9.17) is 9.26 Å². The third-order valence-corrected chi connectivity index (χ3v) is 8.97. The fourth-order valence-electron chi connectivity index (χ4n) is 4.03. The van der Waals surface area contributed by atoms with Crippen LogP contribution in [0.3, 0.4) is 0 Å². The summed E-state index contributed by atoms with van der Waals surface area (Å²) < 4.78 is 40.8. The normalized spacial score (nSPS) is 24.2. The molecule has 1 saturated heterocycles. The van der Waals surface area contributed by atoms with Crippen molar-refractivity contribution in [3.8, 4) is 0 Å². The number of hydrogen-bond acceptors (Lipinski definition) is 10. The third-order valence-electron chi connectivity index (χ3n) is 5.91. The van der Waals surface area contributed by atoms with Gasteiger partial charge in [-0.25, -0.2) is 13.7 Å². The Labute approximate surface area is 222 Å². The molecule has 1 aromatic heterocycles. The van der Waals surface area contributed by atoms with Crippen LogP contribution >= 0.6 is 15.4 Å². The molecule has 2 aromatic carbocycles. The summed E-state index contributed by atoms with van der Waals surface area (Å²) in [5.74, 6) is -0.393. The molecule has 16 heteroatoms. The van der Waals surface area contributed by atoms with Gasteiger partial charge in [0.2, 0.25) is 5.91 Å². The smallest absolute Gasteiger partial charge is 0.387 e. The van der Waals surface area contributed by atoms with Crippen molar-refractivity contribution in [1.82, 2.24) is 9.55 Å². The summed E-state index contributed by atoms with van der Waals surface area (Å²) in [4.78, 5) is 47.9. The number of hydrogen-bond donors (Lipinski definition) is 5. The minimum atomic E-state index is -5.14. The van der Waals surface area contributed by atoms with Crippen LogP contribution in [0.5, 0.6) is 0 Å². The summed E-state index contributed by atoms with van der Waals surface area (Å²) in [5.41, 5.74) is -0.494. The molecular formula is C23H27N3O11P2. The first-order valence-corrected chi connectivity index (χ1v) is 15.0. The Morgan fingerprint density at radius 3 is 2.54 bits per heavy atom. The van der Waals surface area contributed by atoms with Crippen molar-refractivity contribution in [2.24, 2.45) is 0 Å². The van der Waals surface area contributed by atoms with E-state index in [9.17, 15) is 38.7 Å². The molecule has 210 valence electrons. The van der Waals surface area contributed by atoms with Crippen LogP contribution in [0, 0.1) is 0 Å². The summed E-state index contributed by atoms with van der Waals surface area (Å²) in [6.07, 6.45) is -5.43. The molecular weight excluding hydrogens is 556 g/mol. The fourth-order valence-corrected chi connectivity index (χ4v) is 6.78. The van der Waals surface area contributed by atoms with Crippen molar-refractivity contribution in [1.29, 1.82) is 0 Å². The standard InChI is InChI=1S/C23H27N3O11P2/c1-2-19(27)24-18-10-11-26(23(30)25-18)22-21(29)20(28)17(36-22)12-35-39(33,34)37-38(31,32)13-15-8-5-7-14-6-3-4-9-16(14)15/h3-11,17,20-22,28-29H,2,12-13H2,1H3,(H,31,32)(H,33,34)(H,24,25,27,30)/t17-,20+,21?,22-/m1/s1. The number of aliphatic hydroxyl groups excluding tert-OH is 2. The number of rotatable bonds is 10. The lowest BCUT2D eigenvalue weighted by Gasteiger charge is -2.20. The summed E-state index contributed by atoms with van der Waals surface area (Å²) in [6.45, 7) is 0.785. The van der Waals surface area contributed by atoms with Crippen molar-refractivity contribution in [2.45, 2.75) is 44.0 Å². The Hall–Kier alpha value is -2.77. The summed E-state index contributed by atoms with van der Waals surface area (Å²) in [6, 6.07) is 13.4. The van der Waals surface area contributed by atoms with Gasteiger partial charge in [0.15, 0.2) is 6.23 Å². The Balaban J connectivity index is 1.39. The van der Waals surface area contributed by atoms with Gasteiger partial charge in [0.1, 0.15) is 24.1 Å². The summed E-state index contributed by atoms with van der Waals surface area (Å²) in [7, 11) is -9.83. The molecule has 14 nitrogen and oxygen atoms in total. The van der Waals surface area contributed by atoms with E-state index in [1.54, 1.807) is 49.4 Å². The minimum absolute atomic E-state index is 0.0219. The average molecular weight is 583 g/mol. The molecule has 1 aliphatic heterocycles. The predicted octanol–water partition coefficient (Wildman–Crippen LogP) is 1.88. The van der Waals surface area contributed by atoms with Gasteiger partial charge in [-0.15, -0.1) is 0 Å². The number of phosphoric acid groups is 1. The maximum absolute atomic E-state index is 12.7. The number of carbonyl (C=O) groups is 1. The predicted molar refractivity (Wildman–Crippen MR) is 138 cm³/mol. The van der Waals surface area contributed by atoms with Crippen molar-refractivity contribution >= 4 is 37.9 Å². The van der Waals surface area contributed by atoms with Crippen LogP contribution in [0.25, 0.3) is 10.8 Å². The molecule has 0 radical (unpaired) electrons. The first kappa shape index (κ1) is 29.2. The number of amides is 1. The molecule has 0 saturated carbocycles. The van der Waals surface area contributed by atoms with Crippen LogP contribution < -0.4 is 11.0 Å². The van der Waals surface area contributed by atoms with Gasteiger partial charge < -0.3 is 30.1 Å². The molecule has 1 fully saturated rings. The second-order valence-corrected chi connectivity index (χ2v) is 12.2. The Morgan fingerprint density at radius 2 is 1.82 bits per heavy atom. The van der Waals surface area contributed by atoms with Crippen LogP contribution in [0.4, 0.5) is 5.82 Å². The number of ether oxygens (including phenoxy) is 1. The van der Waals surface area contributed by atoms with E-state index in [0.29, 0.717) is 10.9 Å². The van der Waals surface area contributed by atoms with Gasteiger partial charge in [-0.3, -0.25) is 18.5 Å². The topological polar surface area (TPSA) is 207 Å². The van der Waals surface area contributed by atoms with Crippen molar-refractivity contribution in [3.63, 3.8) is 0 Å². The number of nitrogens with zero attached hydrogens (tertiary/aromatic N) is 2. The number of nitrogens with one attached hydrogen (secondary N) is 1. The SMILES string of the molecule is CCC(=O)Nc1ccn([C@@H]2O[C@H](COP(=O)(O)OP(=O)(O)Cc3cccc4ccccc34)[C@H](O)C2O)c(=O)n1. The van der Waals surface area contributed by atoms with Gasteiger partial charge in [-0.05, 0) is 22.4 Å². The van der Waals surface area contributed by atoms with Crippen LogP contribution in [0.15, 0.2) is 59.5 Å². The van der Waals surface area contributed by atoms with Crippen molar-refractivity contribution in [2.75, 3.05) is 11.9 Å². The Morgan fingerprint density at radius 1 is 1.10 bits per heavy atom. The van der Waals surface area contributed by atoms with E-state index in [1.807, 2.05) is 0 Å². The number of anilines is 1. The molecule has 2 heterocycles. The number of aromatic nitrogens is 2. The van der Waals surface area contributed by atoms with Gasteiger partial charge in [-0.2, -0.15) is 4.98 Å². The zero-order valence-corrected chi connectivity index (χ0v) is 22.4. The van der Waals surface area contributed by atoms with Gasteiger partial charge in [0.25, 0.3) is 0 Å². The molecule has 4 rings (SSSR count). The number of benzene rings is 2. The summed E-state index contributed by atoms with van der Waals surface area (Å²) >= 11 is 0. The molecule has 5 N–H and O–H groups in total. The monoisotopic (exact) mass is 583 g/mol. The van der Waals surface area contributed by atoms with Crippen LogP contribution in [0.1, 0.15) is 25.1 Å². The number of phosphoric ester groups is 1.